The summed E-state index contributed by atoms with van der Waals surface area (Å²) < 4.78 is 0.872. The Morgan fingerprint density at radius 2 is 0.767 bits per heavy atom. The van der Waals surface area contributed by atoms with Crippen LogP contribution >= 0.6 is 0 Å². The molecule has 2 nitrogen and oxygen atoms in total. The van der Waals surface area contributed by atoms with Crippen molar-refractivity contribution in [2.24, 2.45) is 0 Å². The molecule has 2 heteroatoms. The Balaban J connectivity index is 3.23. The van der Waals surface area contributed by atoms with Gasteiger partial charge in [-0.2, -0.15) is 0 Å². The Bertz CT molecular complexity index is 334. The van der Waals surface area contributed by atoms with E-state index in [1.807, 2.05) is 6.92 Å². The summed E-state index contributed by atoms with van der Waals surface area (Å²) in [5.74, 6) is 0. The number of nitrogens with zero attached hydrogens (tertiary/aromatic N) is 1. The van der Waals surface area contributed by atoms with E-state index in [4.69, 9.17) is 0 Å². The molecular formula is C28H60NO+. The Labute approximate surface area is 191 Å². The normalized spacial score (nSPS) is 14.2. The van der Waals surface area contributed by atoms with Crippen LogP contribution in [0, 0.1) is 0 Å². The zero-order valence-corrected chi connectivity index (χ0v) is 21.9. The molecule has 0 saturated heterocycles. The number of likely N-dealkylation sites (N-methyl/N-ethyl adjacent to an activating group) is 1. The Kier molecular flexibility index (Phi) is 20.7. The molecule has 0 heterocycles. The molecule has 0 aliphatic carbocycles. The minimum absolute atomic E-state index is 0.203. The molecule has 0 rings (SSSR count). The highest BCUT2D eigenvalue weighted by Gasteiger charge is 2.27. The first-order valence-electron chi connectivity index (χ1n) is 13.9. The Morgan fingerprint density at radius 1 is 0.500 bits per heavy atom. The molecule has 0 aromatic carbocycles. The fourth-order valence-electron chi connectivity index (χ4n) is 4.88. The van der Waals surface area contributed by atoms with Crippen molar-refractivity contribution in [1.29, 1.82) is 0 Å². The number of rotatable bonds is 23. The summed E-state index contributed by atoms with van der Waals surface area (Å²) in [5, 5.41) is 9.99. The van der Waals surface area contributed by atoms with Gasteiger partial charge in [0.25, 0.3) is 0 Å². The summed E-state index contributed by atoms with van der Waals surface area (Å²) in [7, 11) is 6.61. The number of aliphatic hydroxyl groups excluding tert-OH is 1. The third-order valence-electron chi connectivity index (χ3n) is 6.91. The average Bonchev–Trinajstić information content (AvgIpc) is 2.68. The van der Waals surface area contributed by atoms with Gasteiger partial charge in [0, 0.05) is 6.42 Å². The quantitative estimate of drug-likeness (QED) is 0.128. The van der Waals surface area contributed by atoms with Gasteiger partial charge in [-0.05, 0) is 13.3 Å². The molecule has 0 spiro atoms. The standard InChI is InChI=1S/C28H60NO/c1-6-7-8-9-10-11-12-13-14-15-16-17-18-19-20-21-22-23-24-25-26-28(27(2)30)29(3,4)5/h27-28,30H,6-26H2,1-5H3/q+1. The molecule has 0 amide bonds. The van der Waals surface area contributed by atoms with Crippen LogP contribution in [0.15, 0.2) is 0 Å². The van der Waals surface area contributed by atoms with E-state index in [1.165, 1.54) is 128 Å². The van der Waals surface area contributed by atoms with Gasteiger partial charge in [-0.15, -0.1) is 0 Å². The van der Waals surface area contributed by atoms with E-state index in [-0.39, 0.29) is 6.10 Å². The number of aliphatic hydroxyl groups is 1. The van der Waals surface area contributed by atoms with Gasteiger partial charge in [0.05, 0.1) is 21.1 Å². The van der Waals surface area contributed by atoms with Crippen LogP contribution < -0.4 is 0 Å². The maximum Gasteiger partial charge on any atom is 0.114 e. The molecule has 0 aliphatic heterocycles. The monoisotopic (exact) mass is 426 g/mol. The third-order valence-corrected chi connectivity index (χ3v) is 6.91. The van der Waals surface area contributed by atoms with Gasteiger partial charge in [-0.1, -0.05) is 129 Å². The van der Waals surface area contributed by atoms with Crippen molar-refractivity contribution in [1.82, 2.24) is 0 Å². The van der Waals surface area contributed by atoms with Gasteiger partial charge >= 0.3 is 0 Å². The lowest BCUT2D eigenvalue weighted by Gasteiger charge is -2.36. The van der Waals surface area contributed by atoms with Crippen LogP contribution in [0.1, 0.15) is 149 Å². The van der Waals surface area contributed by atoms with E-state index in [9.17, 15) is 5.11 Å². The predicted molar refractivity (Wildman–Crippen MR) is 136 cm³/mol. The van der Waals surface area contributed by atoms with Gasteiger partial charge < -0.3 is 9.59 Å². The lowest BCUT2D eigenvalue weighted by atomic mass is 10.00. The second kappa shape index (κ2) is 20.8. The fraction of sp³-hybridized carbons (Fsp3) is 1.00. The van der Waals surface area contributed by atoms with Gasteiger partial charge in [0.2, 0.25) is 0 Å². The topological polar surface area (TPSA) is 20.2 Å². The molecule has 0 bridgehead atoms. The van der Waals surface area contributed by atoms with Crippen LogP contribution in [0.5, 0.6) is 0 Å². The van der Waals surface area contributed by atoms with Crippen LogP contribution in [-0.4, -0.2) is 42.9 Å². The lowest BCUT2D eigenvalue weighted by molar-refractivity contribution is -0.900. The molecule has 0 radical (unpaired) electrons. The van der Waals surface area contributed by atoms with E-state index in [0.29, 0.717) is 6.04 Å². The first kappa shape index (κ1) is 29.9. The predicted octanol–water partition coefficient (Wildman–Crippen LogP) is 8.65. The van der Waals surface area contributed by atoms with E-state index in [0.717, 1.165) is 10.9 Å². The molecule has 0 fully saturated rings. The first-order chi connectivity index (χ1) is 14.4. The number of quaternary nitrogens is 1. The van der Waals surface area contributed by atoms with E-state index < -0.39 is 0 Å². The molecule has 0 aliphatic rings. The molecule has 1 N–H and O–H groups in total. The smallest absolute Gasteiger partial charge is 0.114 e. The molecule has 0 saturated carbocycles. The molecule has 0 aromatic heterocycles. The van der Waals surface area contributed by atoms with E-state index >= 15 is 0 Å². The van der Waals surface area contributed by atoms with Gasteiger partial charge in [0.1, 0.15) is 12.1 Å². The van der Waals surface area contributed by atoms with Crippen molar-refractivity contribution in [2.45, 2.75) is 161 Å². The molecule has 2 atom stereocenters. The van der Waals surface area contributed by atoms with E-state index in [1.54, 1.807) is 0 Å². The highest BCUT2D eigenvalue weighted by Crippen LogP contribution is 2.18. The van der Waals surface area contributed by atoms with Crippen LogP contribution in [-0.2, 0) is 0 Å². The molecule has 0 aromatic rings. The second-order valence-corrected chi connectivity index (χ2v) is 10.9. The van der Waals surface area contributed by atoms with Crippen molar-refractivity contribution < 1.29 is 9.59 Å². The van der Waals surface area contributed by atoms with Crippen LogP contribution in [0.4, 0.5) is 0 Å². The average molecular weight is 427 g/mol. The largest absolute Gasteiger partial charge is 0.387 e. The SMILES string of the molecule is CCCCCCCCCCCCCCCCCCCCCCC(C(C)O)[N+](C)(C)C. The Hall–Kier alpha value is -0.0800. The molecule has 30 heavy (non-hydrogen) atoms. The van der Waals surface area contributed by atoms with Crippen molar-refractivity contribution in [2.75, 3.05) is 21.1 Å². The maximum atomic E-state index is 9.99. The van der Waals surface area contributed by atoms with Crippen molar-refractivity contribution in [3.8, 4) is 0 Å². The Morgan fingerprint density at radius 3 is 1.00 bits per heavy atom. The molecule has 182 valence electrons. The maximum absolute atomic E-state index is 9.99. The second-order valence-electron chi connectivity index (χ2n) is 10.9. The zero-order valence-electron chi connectivity index (χ0n) is 21.9. The minimum Gasteiger partial charge on any atom is -0.387 e. The number of hydrogen-bond donors (Lipinski definition) is 1. The van der Waals surface area contributed by atoms with Crippen LogP contribution in [0.2, 0.25) is 0 Å². The summed E-state index contributed by atoms with van der Waals surface area (Å²) in [4.78, 5) is 0. The van der Waals surface area contributed by atoms with Crippen molar-refractivity contribution >= 4 is 0 Å². The lowest BCUT2D eigenvalue weighted by Crippen LogP contribution is -2.50. The molecule has 2 unspecified atom stereocenters. The summed E-state index contributed by atoms with van der Waals surface area (Å²) in [6.07, 6.45) is 29.6. The van der Waals surface area contributed by atoms with Crippen molar-refractivity contribution in [3.63, 3.8) is 0 Å². The summed E-state index contributed by atoms with van der Waals surface area (Å²) >= 11 is 0. The van der Waals surface area contributed by atoms with Crippen LogP contribution in [0.25, 0.3) is 0 Å². The highest BCUT2D eigenvalue weighted by molar-refractivity contribution is 4.65. The summed E-state index contributed by atoms with van der Waals surface area (Å²) in [6.45, 7) is 4.25. The van der Waals surface area contributed by atoms with Gasteiger partial charge in [0.15, 0.2) is 0 Å². The minimum atomic E-state index is -0.203. The first-order valence-corrected chi connectivity index (χ1v) is 13.9. The number of hydrogen-bond acceptors (Lipinski definition) is 1. The summed E-state index contributed by atoms with van der Waals surface area (Å²) in [5.41, 5.74) is 0. The zero-order chi connectivity index (χ0) is 22.5. The fourth-order valence-corrected chi connectivity index (χ4v) is 4.88. The number of unbranched alkanes of at least 4 members (excludes halogenated alkanes) is 19. The third kappa shape index (κ3) is 19.9. The van der Waals surface area contributed by atoms with Crippen molar-refractivity contribution in [3.05, 3.63) is 0 Å². The highest BCUT2D eigenvalue weighted by atomic mass is 16.3. The van der Waals surface area contributed by atoms with E-state index in [2.05, 4.69) is 28.1 Å². The van der Waals surface area contributed by atoms with Gasteiger partial charge in [-0.3, -0.25) is 0 Å². The van der Waals surface area contributed by atoms with Gasteiger partial charge in [-0.25, -0.2) is 0 Å². The molecular weight excluding hydrogens is 366 g/mol. The van der Waals surface area contributed by atoms with Crippen LogP contribution in [0.3, 0.4) is 0 Å². The summed E-state index contributed by atoms with van der Waals surface area (Å²) in [6, 6.07) is 0.376.